The normalized spacial score (nSPS) is 18.9. The average molecular weight is 420 g/mol. The molecule has 0 saturated carbocycles. The number of aryl methyl sites for hydroxylation is 1. The number of quaternary nitrogens is 2. The van der Waals surface area contributed by atoms with E-state index in [1.165, 1.54) is 20.9 Å². The summed E-state index contributed by atoms with van der Waals surface area (Å²) in [5, 5.41) is 3.56. The van der Waals surface area contributed by atoms with Crippen LogP contribution in [-0.2, 0) is 11.3 Å². The molecule has 1 fully saturated rings. The van der Waals surface area contributed by atoms with E-state index in [1.807, 2.05) is 18.2 Å². The van der Waals surface area contributed by atoms with E-state index in [-0.39, 0.29) is 5.91 Å². The van der Waals surface area contributed by atoms with Gasteiger partial charge in [-0.3, -0.25) is 4.79 Å². The summed E-state index contributed by atoms with van der Waals surface area (Å²) >= 11 is 5.98. The number of carbonyl (C=O) groups excluding carboxylic acids is 1. The highest BCUT2D eigenvalue weighted by Crippen LogP contribution is 2.29. The number of rotatable bonds is 7. The second kappa shape index (κ2) is 9.96. The van der Waals surface area contributed by atoms with Gasteiger partial charge in [0, 0.05) is 16.3 Å². The average Bonchev–Trinajstić information content (AvgIpc) is 2.70. The zero-order valence-electron chi connectivity index (χ0n) is 17.3. The van der Waals surface area contributed by atoms with Gasteiger partial charge in [-0.05, 0) is 42.8 Å². The van der Waals surface area contributed by atoms with Gasteiger partial charge in [0.05, 0.1) is 14.2 Å². The highest BCUT2D eigenvalue weighted by molar-refractivity contribution is 6.30. The molecule has 7 heteroatoms. The molecule has 0 bridgehead atoms. The molecule has 1 aliphatic heterocycles. The second-order valence-corrected chi connectivity index (χ2v) is 7.98. The van der Waals surface area contributed by atoms with Crippen LogP contribution in [0.3, 0.4) is 0 Å². The van der Waals surface area contributed by atoms with Crippen molar-refractivity contribution >= 4 is 23.2 Å². The summed E-state index contributed by atoms with van der Waals surface area (Å²) in [6, 6.07) is 11.4. The van der Waals surface area contributed by atoms with E-state index in [4.69, 9.17) is 21.1 Å². The number of piperazine rings is 1. The van der Waals surface area contributed by atoms with Gasteiger partial charge in [-0.25, -0.2) is 0 Å². The summed E-state index contributed by atoms with van der Waals surface area (Å²) < 4.78 is 10.8. The monoisotopic (exact) mass is 419 g/mol. The smallest absolute Gasteiger partial charge is 0.279 e. The molecule has 3 N–H and O–H groups in total. The maximum atomic E-state index is 12.3. The van der Waals surface area contributed by atoms with Gasteiger partial charge < -0.3 is 24.6 Å². The first-order valence-electron chi connectivity index (χ1n) is 9.92. The first kappa shape index (κ1) is 21.4. The van der Waals surface area contributed by atoms with Crippen molar-refractivity contribution in [2.75, 3.05) is 52.3 Å². The van der Waals surface area contributed by atoms with Crippen molar-refractivity contribution < 1.29 is 24.1 Å². The number of nitrogens with one attached hydrogen (secondary N) is 3. The molecule has 1 heterocycles. The molecule has 0 unspecified atom stereocenters. The van der Waals surface area contributed by atoms with Gasteiger partial charge in [0.25, 0.3) is 5.91 Å². The number of amides is 1. The molecule has 0 aromatic heterocycles. The molecular formula is C22H30ClN3O3+2. The van der Waals surface area contributed by atoms with Gasteiger partial charge in [-0.15, -0.1) is 0 Å². The first-order chi connectivity index (χ1) is 14.0. The molecule has 0 radical (unpaired) electrons. The number of hydrogen-bond donors (Lipinski definition) is 3. The Balaban J connectivity index is 1.50. The van der Waals surface area contributed by atoms with E-state index in [9.17, 15) is 4.79 Å². The Morgan fingerprint density at radius 1 is 1.03 bits per heavy atom. The molecule has 0 aliphatic carbocycles. The lowest BCUT2D eigenvalue weighted by molar-refractivity contribution is -1.02. The van der Waals surface area contributed by atoms with E-state index < -0.39 is 0 Å². The van der Waals surface area contributed by atoms with E-state index in [0.717, 1.165) is 49.9 Å². The largest absolute Gasteiger partial charge is 0.493 e. The lowest BCUT2D eigenvalue weighted by Gasteiger charge is -2.29. The molecule has 0 spiro atoms. The molecule has 1 amide bonds. The van der Waals surface area contributed by atoms with Gasteiger partial charge in [0.2, 0.25) is 0 Å². The van der Waals surface area contributed by atoms with Crippen molar-refractivity contribution in [2.45, 2.75) is 13.5 Å². The third-order valence-corrected chi connectivity index (χ3v) is 5.70. The van der Waals surface area contributed by atoms with Crippen molar-refractivity contribution in [3.05, 3.63) is 52.5 Å². The number of ether oxygens (including phenoxy) is 2. The van der Waals surface area contributed by atoms with Crippen molar-refractivity contribution in [1.29, 1.82) is 0 Å². The molecule has 2 aromatic rings. The zero-order valence-corrected chi connectivity index (χ0v) is 18.1. The lowest BCUT2D eigenvalue weighted by atomic mass is 10.1. The van der Waals surface area contributed by atoms with Crippen LogP contribution >= 0.6 is 11.6 Å². The Hall–Kier alpha value is -2.28. The van der Waals surface area contributed by atoms with Crippen LogP contribution in [0.15, 0.2) is 36.4 Å². The molecule has 6 nitrogen and oxygen atoms in total. The van der Waals surface area contributed by atoms with Crippen molar-refractivity contribution in [1.82, 2.24) is 0 Å². The van der Waals surface area contributed by atoms with Crippen LogP contribution in [0.2, 0.25) is 5.02 Å². The summed E-state index contributed by atoms with van der Waals surface area (Å²) in [6.45, 7) is 7.57. The quantitative estimate of drug-likeness (QED) is 0.615. The minimum Gasteiger partial charge on any atom is -0.493 e. The van der Waals surface area contributed by atoms with Crippen molar-refractivity contribution in [3.8, 4) is 11.5 Å². The second-order valence-electron chi connectivity index (χ2n) is 7.55. The standard InChI is InChI=1S/C22H28ClN3O3/c1-16-11-20(28-2)21(29-3)12-17(16)14-25-7-9-26(10-8-25)15-22(27)24-19-6-4-5-18(23)13-19/h4-6,11-13H,7-10,14-15H2,1-3H3,(H,24,27)/p+2. The number of benzene rings is 2. The fourth-order valence-corrected chi connectivity index (χ4v) is 3.98. The molecule has 2 aromatic carbocycles. The predicted molar refractivity (Wildman–Crippen MR) is 114 cm³/mol. The number of carbonyl (C=O) groups is 1. The Morgan fingerprint density at radius 3 is 2.34 bits per heavy atom. The summed E-state index contributed by atoms with van der Waals surface area (Å²) in [5.41, 5.74) is 3.24. The predicted octanol–water partition coefficient (Wildman–Crippen LogP) is 0.588. The zero-order chi connectivity index (χ0) is 20.8. The third kappa shape index (κ3) is 5.85. The number of anilines is 1. The molecule has 0 atom stereocenters. The van der Waals surface area contributed by atoms with Crippen LogP contribution in [-0.4, -0.2) is 52.9 Å². The van der Waals surface area contributed by atoms with Gasteiger partial charge >= 0.3 is 0 Å². The van der Waals surface area contributed by atoms with Gasteiger partial charge in [0.1, 0.15) is 32.7 Å². The van der Waals surface area contributed by atoms with Crippen LogP contribution < -0.4 is 24.6 Å². The summed E-state index contributed by atoms with van der Waals surface area (Å²) in [4.78, 5) is 15.2. The maximum absolute atomic E-state index is 12.3. The van der Waals surface area contributed by atoms with Gasteiger partial charge in [0.15, 0.2) is 18.0 Å². The van der Waals surface area contributed by atoms with Crippen molar-refractivity contribution in [3.63, 3.8) is 0 Å². The number of halogens is 1. The van der Waals surface area contributed by atoms with E-state index in [0.29, 0.717) is 11.6 Å². The Morgan fingerprint density at radius 2 is 1.69 bits per heavy atom. The van der Waals surface area contributed by atoms with Crippen LogP contribution in [0.1, 0.15) is 11.1 Å². The van der Waals surface area contributed by atoms with E-state index >= 15 is 0 Å². The lowest BCUT2D eigenvalue weighted by Crippen LogP contribution is -3.28. The number of methoxy groups -OCH3 is 2. The van der Waals surface area contributed by atoms with Crippen LogP contribution in [0.5, 0.6) is 11.5 Å². The first-order valence-corrected chi connectivity index (χ1v) is 10.3. The highest BCUT2D eigenvalue weighted by Gasteiger charge is 2.25. The van der Waals surface area contributed by atoms with Gasteiger partial charge in [-0.2, -0.15) is 0 Å². The number of hydrogen-bond acceptors (Lipinski definition) is 3. The van der Waals surface area contributed by atoms with Crippen molar-refractivity contribution in [2.24, 2.45) is 0 Å². The van der Waals surface area contributed by atoms with Gasteiger partial charge in [-0.1, -0.05) is 17.7 Å². The fourth-order valence-electron chi connectivity index (χ4n) is 3.79. The van der Waals surface area contributed by atoms with Crippen LogP contribution in [0, 0.1) is 6.92 Å². The summed E-state index contributed by atoms with van der Waals surface area (Å²) in [5.74, 6) is 1.57. The van der Waals surface area contributed by atoms with Crippen LogP contribution in [0.4, 0.5) is 5.69 Å². The SMILES string of the molecule is COc1cc(C)c(C[NH+]2CC[NH+](CC(=O)Nc3cccc(Cl)c3)CC2)cc1OC. The molecule has 3 rings (SSSR count). The molecule has 1 aliphatic rings. The summed E-state index contributed by atoms with van der Waals surface area (Å²) in [7, 11) is 3.33. The minimum atomic E-state index is 0.0291. The molecular weight excluding hydrogens is 390 g/mol. The Kier molecular flexibility index (Phi) is 7.36. The molecule has 29 heavy (non-hydrogen) atoms. The van der Waals surface area contributed by atoms with Crippen LogP contribution in [0.25, 0.3) is 0 Å². The summed E-state index contributed by atoms with van der Waals surface area (Å²) in [6.07, 6.45) is 0. The minimum absolute atomic E-state index is 0.0291. The molecule has 1 saturated heterocycles. The third-order valence-electron chi connectivity index (χ3n) is 5.47. The Bertz CT molecular complexity index is 851. The maximum Gasteiger partial charge on any atom is 0.279 e. The van der Waals surface area contributed by atoms with E-state index in [2.05, 4.69) is 18.3 Å². The topological polar surface area (TPSA) is 56.4 Å². The Labute approximate surface area is 177 Å². The fraction of sp³-hybridized carbons (Fsp3) is 0.409. The molecule has 156 valence electrons. The van der Waals surface area contributed by atoms with E-state index in [1.54, 1.807) is 26.4 Å². The highest BCUT2D eigenvalue weighted by atomic mass is 35.5.